The zero-order valence-electron chi connectivity index (χ0n) is 9.48. The summed E-state index contributed by atoms with van der Waals surface area (Å²) < 4.78 is -0.0100. The zero-order chi connectivity index (χ0) is 10.7. The van der Waals surface area contributed by atoms with E-state index < -0.39 is 0 Å². The van der Waals surface area contributed by atoms with Crippen LogP contribution in [0.25, 0.3) is 0 Å². The van der Waals surface area contributed by atoms with Crippen molar-refractivity contribution in [3.63, 3.8) is 0 Å². The van der Waals surface area contributed by atoms with Crippen LogP contribution in [0.4, 0.5) is 0 Å². The third-order valence-electron chi connectivity index (χ3n) is 1.93. The van der Waals surface area contributed by atoms with Crippen LogP contribution in [0.3, 0.4) is 0 Å². The minimum atomic E-state index is -0.0100. The number of hydrogen-bond donors (Lipinski definition) is 1. The molecule has 0 saturated carbocycles. The molecule has 0 aliphatic rings. The van der Waals surface area contributed by atoms with E-state index in [1.807, 2.05) is 0 Å². The fourth-order valence-corrected chi connectivity index (χ4v) is 2.26. The monoisotopic (exact) mass is 202 g/mol. The van der Waals surface area contributed by atoms with Gasteiger partial charge in [0.1, 0.15) is 5.78 Å². The van der Waals surface area contributed by atoms with Crippen LogP contribution < -0.4 is 0 Å². The summed E-state index contributed by atoms with van der Waals surface area (Å²) in [7, 11) is 0. The van der Waals surface area contributed by atoms with Crippen molar-refractivity contribution < 1.29 is 4.79 Å². The molecule has 1 unspecified atom stereocenters. The van der Waals surface area contributed by atoms with Gasteiger partial charge in [-0.3, -0.25) is 0 Å². The number of thiol groups is 1. The summed E-state index contributed by atoms with van der Waals surface area (Å²) in [6.07, 6.45) is 2.56. The Bertz CT molecular complexity index is 177. The normalized spacial score (nSPS) is 16.8. The number of ketones is 1. The first-order valence-electron chi connectivity index (χ1n) is 4.84. The van der Waals surface area contributed by atoms with Gasteiger partial charge in [-0.25, -0.2) is 0 Å². The molecule has 0 aromatic rings. The summed E-state index contributed by atoms with van der Waals surface area (Å²) in [5.41, 5.74) is 0.285. The van der Waals surface area contributed by atoms with E-state index in [-0.39, 0.29) is 15.9 Å². The van der Waals surface area contributed by atoms with Crippen LogP contribution >= 0.6 is 12.6 Å². The molecule has 1 nitrogen and oxygen atoms in total. The molecule has 0 bridgehead atoms. The van der Waals surface area contributed by atoms with E-state index in [0.29, 0.717) is 6.42 Å². The molecule has 0 amide bonds. The van der Waals surface area contributed by atoms with Gasteiger partial charge in [-0.1, -0.05) is 27.7 Å². The Morgan fingerprint density at radius 1 is 1.23 bits per heavy atom. The van der Waals surface area contributed by atoms with Crippen LogP contribution in [0.2, 0.25) is 0 Å². The second-order valence-electron chi connectivity index (χ2n) is 5.44. The molecular weight excluding hydrogens is 180 g/mol. The lowest BCUT2D eigenvalue weighted by Gasteiger charge is -2.31. The Hall–Kier alpha value is 0.0200. The van der Waals surface area contributed by atoms with Crippen LogP contribution in [0.1, 0.15) is 53.9 Å². The van der Waals surface area contributed by atoms with Crippen molar-refractivity contribution in [2.75, 3.05) is 0 Å². The molecule has 0 aliphatic carbocycles. The predicted molar refractivity (Wildman–Crippen MR) is 61.4 cm³/mol. The van der Waals surface area contributed by atoms with Crippen LogP contribution in [0, 0.1) is 5.41 Å². The minimum Gasteiger partial charge on any atom is -0.300 e. The van der Waals surface area contributed by atoms with Gasteiger partial charge >= 0.3 is 0 Å². The summed E-state index contributed by atoms with van der Waals surface area (Å²) in [5.74, 6) is 0.259. The van der Waals surface area contributed by atoms with Gasteiger partial charge in [-0.2, -0.15) is 12.6 Å². The molecule has 0 N–H and O–H groups in total. The molecule has 0 spiro atoms. The summed E-state index contributed by atoms with van der Waals surface area (Å²) in [5, 5.41) is 0. The highest BCUT2D eigenvalue weighted by atomic mass is 32.1. The second kappa shape index (κ2) is 4.50. The van der Waals surface area contributed by atoms with Crippen LogP contribution in [0.15, 0.2) is 0 Å². The van der Waals surface area contributed by atoms with Crippen molar-refractivity contribution in [3.05, 3.63) is 0 Å². The van der Waals surface area contributed by atoms with Gasteiger partial charge in [0, 0.05) is 11.2 Å². The summed E-state index contributed by atoms with van der Waals surface area (Å²) in [6.45, 7) is 10.4. The Labute approximate surface area is 87.7 Å². The van der Waals surface area contributed by atoms with Crippen molar-refractivity contribution >= 4 is 18.4 Å². The molecule has 2 heteroatoms. The standard InChI is InChI=1S/C11H22OS/c1-9(12)6-7-11(5,13)8-10(2,3)4/h13H,6-8H2,1-5H3. The fourth-order valence-electron chi connectivity index (χ4n) is 1.68. The van der Waals surface area contributed by atoms with E-state index in [0.717, 1.165) is 12.8 Å². The van der Waals surface area contributed by atoms with Crippen molar-refractivity contribution in [1.29, 1.82) is 0 Å². The minimum absolute atomic E-state index is 0.0100. The molecule has 1 atom stereocenters. The first-order valence-corrected chi connectivity index (χ1v) is 5.29. The number of Topliss-reactive ketones (excluding diaryl/α,β-unsaturated/α-hetero) is 1. The summed E-state index contributed by atoms with van der Waals surface area (Å²) in [6, 6.07) is 0. The topological polar surface area (TPSA) is 17.1 Å². The Morgan fingerprint density at radius 2 is 1.69 bits per heavy atom. The van der Waals surface area contributed by atoms with Crippen LogP contribution in [-0.2, 0) is 4.79 Å². The lowest BCUT2D eigenvalue weighted by Crippen LogP contribution is -2.25. The molecule has 0 aliphatic heterocycles. The van der Waals surface area contributed by atoms with Crippen molar-refractivity contribution in [3.8, 4) is 0 Å². The molecule has 0 aromatic carbocycles. The number of carbonyl (C=O) groups is 1. The van der Waals surface area contributed by atoms with Crippen molar-refractivity contribution in [2.45, 2.75) is 58.6 Å². The third-order valence-corrected chi connectivity index (χ3v) is 2.31. The van der Waals surface area contributed by atoms with Gasteiger partial charge in [0.15, 0.2) is 0 Å². The third kappa shape index (κ3) is 8.35. The van der Waals surface area contributed by atoms with Gasteiger partial charge in [0.05, 0.1) is 0 Å². The number of hydrogen-bond acceptors (Lipinski definition) is 2. The molecule has 0 fully saturated rings. The van der Waals surface area contributed by atoms with E-state index in [9.17, 15) is 4.79 Å². The van der Waals surface area contributed by atoms with E-state index in [1.54, 1.807) is 6.92 Å². The molecule has 0 aromatic heterocycles. The lowest BCUT2D eigenvalue weighted by atomic mass is 9.83. The number of carbonyl (C=O) groups excluding carboxylic acids is 1. The molecule has 0 radical (unpaired) electrons. The highest BCUT2D eigenvalue weighted by molar-refractivity contribution is 7.81. The van der Waals surface area contributed by atoms with Gasteiger partial charge in [-0.05, 0) is 25.2 Å². The van der Waals surface area contributed by atoms with Crippen LogP contribution in [-0.4, -0.2) is 10.5 Å². The quantitative estimate of drug-likeness (QED) is 0.691. The van der Waals surface area contributed by atoms with E-state index >= 15 is 0 Å². The zero-order valence-corrected chi connectivity index (χ0v) is 10.4. The predicted octanol–water partition coefficient (Wildman–Crippen LogP) is 3.48. The first-order chi connectivity index (χ1) is 5.62. The first kappa shape index (κ1) is 13.0. The maximum absolute atomic E-state index is 10.8. The highest BCUT2D eigenvalue weighted by Crippen LogP contribution is 2.34. The van der Waals surface area contributed by atoms with Gasteiger partial charge < -0.3 is 4.79 Å². The summed E-state index contributed by atoms with van der Waals surface area (Å²) in [4.78, 5) is 10.8. The average Bonchev–Trinajstić information content (AvgIpc) is 1.78. The van der Waals surface area contributed by atoms with Gasteiger partial charge in [-0.15, -0.1) is 0 Å². The van der Waals surface area contributed by atoms with Crippen molar-refractivity contribution in [2.24, 2.45) is 5.41 Å². The van der Waals surface area contributed by atoms with E-state index in [1.165, 1.54) is 0 Å². The van der Waals surface area contributed by atoms with Gasteiger partial charge in [0.25, 0.3) is 0 Å². The Morgan fingerprint density at radius 3 is 2.00 bits per heavy atom. The average molecular weight is 202 g/mol. The molecule has 0 heterocycles. The Balaban J connectivity index is 4.01. The fraction of sp³-hybridized carbons (Fsp3) is 0.909. The Kier molecular flexibility index (Phi) is 4.50. The maximum atomic E-state index is 10.8. The summed E-state index contributed by atoms with van der Waals surface area (Å²) >= 11 is 4.60. The van der Waals surface area contributed by atoms with E-state index in [2.05, 4.69) is 40.3 Å². The molecule has 0 saturated heterocycles. The molecule has 0 rings (SSSR count). The lowest BCUT2D eigenvalue weighted by molar-refractivity contribution is -0.117. The molecule has 78 valence electrons. The number of rotatable bonds is 4. The maximum Gasteiger partial charge on any atom is 0.129 e. The molecule has 13 heavy (non-hydrogen) atoms. The van der Waals surface area contributed by atoms with Gasteiger partial charge in [0.2, 0.25) is 0 Å². The van der Waals surface area contributed by atoms with Crippen LogP contribution in [0.5, 0.6) is 0 Å². The SMILES string of the molecule is CC(=O)CCC(C)(S)CC(C)(C)C. The van der Waals surface area contributed by atoms with Crippen molar-refractivity contribution in [1.82, 2.24) is 0 Å². The largest absolute Gasteiger partial charge is 0.300 e. The molecular formula is C11H22OS. The second-order valence-corrected chi connectivity index (χ2v) is 6.52. The van der Waals surface area contributed by atoms with E-state index in [4.69, 9.17) is 0 Å². The smallest absolute Gasteiger partial charge is 0.129 e. The highest BCUT2D eigenvalue weighted by Gasteiger charge is 2.26.